The molecule has 0 bridgehead atoms. The van der Waals surface area contributed by atoms with Crippen LogP contribution in [-0.4, -0.2) is 5.11 Å². The average Bonchev–Trinajstić information content (AvgIpc) is 2.32. The Morgan fingerprint density at radius 3 is 2.59 bits per heavy atom. The Morgan fingerprint density at radius 1 is 1.29 bits per heavy atom. The van der Waals surface area contributed by atoms with Gasteiger partial charge in [-0.05, 0) is 42.9 Å². The van der Waals surface area contributed by atoms with Gasteiger partial charge in [0, 0.05) is 11.3 Å². The van der Waals surface area contributed by atoms with E-state index in [2.05, 4.69) is 6.92 Å². The smallest absolute Gasteiger partial charge is 0.123 e. The lowest BCUT2D eigenvalue weighted by Gasteiger charge is -2.30. The number of hydrogen-bond acceptors (Lipinski definition) is 2. The van der Waals surface area contributed by atoms with Gasteiger partial charge in [0.15, 0.2) is 0 Å². The number of anilines is 1. The molecule has 0 radical (unpaired) electrons. The second kappa shape index (κ2) is 5.05. The maximum Gasteiger partial charge on any atom is 0.123 e. The van der Waals surface area contributed by atoms with Gasteiger partial charge in [-0.1, -0.05) is 19.8 Å². The lowest BCUT2D eigenvalue weighted by molar-refractivity contribution is 0.0759. The Morgan fingerprint density at radius 2 is 1.94 bits per heavy atom. The quantitative estimate of drug-likeness (QED) is 0.775. The van der Waals surface area contributed by atoms with Crippen molar-refractivity contribution in [1.29, 1.82) is 0 Å². The monoisotopic (exact) mass is 237 g/mol. The van der Waals surface area contributed by atoms with Gasteiger partial charge in [-0.2, -0.15) is 0 Å². The van der Waals surface area contributed by atoms with E-state index in [1.165, 1.54) is 18.2 Å². The third kappa shape index (κ3) is 2.78. The van der Waals surface area contributed by atoms with E-state index >= 15 is 0 Å². The first-order chi connectivity index (χ1) is 8.08. The van der Waals surface area contributed by atoms with Crippen molar-refractivity contribution in [2.75, 3.05) is 5.73 Å². The van der Waals surface area contributed by atoms with Crippen LogP contribution < -0.4 is 5.73 Å². The predicted octanol–water partition coefficient (Wildman–Crippen LogP) is 3.27. The van der Waals surface area contributed by atoms with Crippen molar-refractivity contribution < 1.29 is 9.50 Å². The highest BCUT2D eigenvalue weighted by Gasteiger charge is 2.27. The van der Waals surface area contributed by atoms with Gasteiger partial charge >= 0.3 is 0 Å². The number of aliphatic hydroxyl groups is 1. The van der Waals surface area contributed by atoms with E-state index in [-0.39, 0.29) is 11.7 Å². The van der Waals surface area contributed by atoms with Crippen LogP contribution in [0.3, 0.4) is 0 Å². The third-order valence-corrected chi connectivity index (χ3v) is 3.87. The highest BCUT2D eigenvalue weighted by Crippen LogP contribution is 2.38. The van der Waals surface area contributed by atoms with Gasteiger partial charge in [0.1, 0.15) is 5.82 Å². The molecule has 0 aliphatic heterocycles. The van der Waals surface area contributed by atoms with Gasteiger partial charge in [-0.15, -0.1) is 0 Å². The summed E-state index contributed by atoms with van der Waals surface area (Å²) in [5, 5.41) is 10.3. The number of benzene rings is 1. The molecule has 0 saturated heterocycles. The molecule has 0 heterocycles. The van der Waals surface area contributed by atoms with E-state index in [9.17, 15) is 9.50 Å². The number of rotatable bonds is 2. The van der Waals surface area contributed by atoms with E-state index in [0.717, 1.165) is 31.6 Å². The van der Waals surface area contributed by atoms with Crippen molar-refractivity contribution in [3.05, 3.63) is 29.6 Å². The van der Waals surface area contributed by atoms with Gasteiger partial charge in [-0.25, -0.2) is 4.39 Å². The van der Waals surface area contributed by atoms with E-state index in [4.69, 9.17) is 5.73 Å². The van der Waals surface area contributed by atoms with Gasteiger partial charge < -0.3 is 10.8 Å². The summed E-state index contributed by atoms with van der Waals surface area (Å²) in [6, 6.07) is 4.21. The molecule has 1 aromatic carbocycles. The fraction of sp³-hybridized carbons (Fsp3) is 0.571. The minimum absolute atomic E-state index is 0.218. The van der Waals surface area contributed by atoms with Gasteiger partial charge in [-0.3, -0.25) is 0 Å². The number of hydrogen-bond donors (Lipinski definition) is 2. The van der Waals surface area contributed by atoms with Crippen LogP contribution in [0.25, 0.3) is 0 Å². The summed E-state index contributed by atoms with van der Waals surface area (Å²) in [4.78, 5) is 0. The highest BCUT2D eigenvalue weighted by atomic mass is 19.1. The molecule has 1 saturated carbocycles. The van der Waals surface area contributed by atoms with Crippen LogP contribution in [0.5, 0.6) is 0 Å². The van der Waals surface area contributed by atoms with Gasteiger partial charge in [0.2, 0.25) is 0 Å². The number of nitrogen functional groups attached to an aromatic ring is 1. The van der Waals surface area contributed by atoms with Crippen molar-refractivity contribution in [3.63, 3.8) is 0 Å². The first-order valence-electron chi connectivity index (χ1n) is 6.31. The third-order valence-electron chi connectivity index (χ3n) is 3.87. The van der Waals surface area contributed by atoms with Crippen LogP contribution in [0.4, 0.5) is 10.1 Å². The normalized spacial score (nSPS) is 26.8. The summed E-state index contributed by atoms with van der Waals surface area (Å²) in [5.74, 6) is 0.621. The first kappa shape index (κ1) is 12.4. The molecule has 2 rings (SSSR count). The number of nitrogens with two attached hydrogens (primary N) is 1. The zero-order valence-corrected chi connectivity index (χ0v) is 10.2. The molecule has 0 amide bonds. The van der Waals surface area contributed by atoms with E-state index in [1.807, 2.05) is 0 Å². The van der Waals surface area contributed by atoms with E-state index in [1.54, 1.807) is 0 Å². The molecule has 94 valence electrons. The summed E-state index contributed by atoms with van der Waals surface area (Å²) >= 11 is 0. The van der Waals surface area contributed by atoms with Crippen LogP contribution in [0, 0.1) is 17.7 Å². The Kier molecular flexibility index (Phi) is 3.67. The average molecular weight is 237 g/mol. The summed E-state index contributed by atoms with van der Waals surface area (Å²) in [7, 11) is 0. The molecule has 3 heteroatoms. The molecule has 2 nitrogen and oxygen atoms in total. The second-order valence-electron chi connectivity index (χ2n) is 5.24. The largest absolute Gasteiger partial charge is 0.398 e. The van der Waals surface area contributed by atoms with Crippen molar-refractivity contribution in [3.8, 4) is 0 Å². The van der Waals surface area contributed by atoms with Crippen LogP contribution in [-0.2, 0) is 0 Å². The molecule has 0 spiro atoms. The van der Waals surface area contributed by atoms with E-state index < -0.39 is 6.10 Å². The minimum atomic E-state index is -0.627. The lowest BCUT2D eigenvalue weighted by Crippen LogP contribution is -2.20. The van der Waals surface area contributed by atoms with Crippen molar-refractivity contribution in [1.82, 2.24) is 0 Å². The molecule has 1 aliphatic rings. The highest BCUT2D eigenvalue weighted by molar-refractivity contribution is 5.48. The van der Waals surface area contributed by atoms with Gasteiger partial charge in [0.25, 0.3) is 0 Å². The molecular formula is C14H20FNO. The molecule has 3 N–H and O–H groups in total. The van der Waals surface area contributed by atoms with Crippen LogP contribution in [0.1, 0.15) is 44.3 Å². The molecule has 1 aliphatic carbocycles. The van der Waals surface area contributed by atoms with Crippen LogP contribution in [0.15, 0.2) is 18.2 Å². The minimum Gasteiger partial charge on any atom is -0.398 e. The Labute approximate surface area is 102 Å². The Hall–Kier alpha value is -1.09. The molecule has 1 atom stereocenters. The summed E-state index contributed by atoms with van der Waals surface area (Å²) in [6.45, 7) is 2.24. The lowest BCUT2D eigenvalue weighted by atomic mass is 9.78. The van der Waals surface area contributed by atoms with Crippen LogP contribution >= 0.6 is 0 Å². The molecule has 1 unspecified atom stereocenters. The number of halogens is 1. The summed E-state index contributed by atoms with van der Waals surface area (Å²) in [5.41, 5.74) is 6.83. The van der Waals surface area contributed by atoms with Crippen molar-refractivity contribution in [2.24, 2.45) is 11.8 Å². The molecule has 17 heavy (non-hydrogen) atoms. The fourth-order valence-corrected chi connectivity index (χ4v) is 2.66. The zero-order chi connectivity index (χ0) is 12.4. The topological polar surface area (TPSA) is 46.2 Å². The predicted molar refractivity (Wildman–Crippen MR) is 66.9 cm³/mol. The standard InChI is InChI=1S/C14H20FNO/c1-9-2-4-10(5-3-9)14(17)12-8-11(15)6-7-13(12)16/h6-10,14,17H,2-5,16H2,1H3. The molecule has 0 aromatic heterocycles. The number of aliphatic hydroxyl groups excluding tert-OH is 1. The Balaban J connectivity index is 2.13. The molecule has 1 aromatic rings. The molecule has 1 fully saturated rings. The maximum absolute atomic E-state index is 13.2. The van der Waals surface area contributed by atoms with Crippen molar-refractivity contribution in [2.45, 2.75) is 38.7 Å². The first-order valence-corrected chi connectivity index (χ1v) is 6.31. The Bertz CT molecular complexity index is 386. The SMILES string of the molecule is CC1CCC(C(O)c2cc(F)ccc2N)CC1. The maximum atomic E-state index is 13.2. The van der Waals surface area contributed by atoms with Crippen molar-refractivity contribution >= 4 is 5.69 Å². The fourth-order valence-electron chi connectivity index (χ4n) is 2.66. The second-order valence-corrected chi connectivity index (χ2v) is 5.24. The molecular weight excluding hydrogens is 217 g/mol. The van der Waals surface area contributed by atoms with Crippen LogP contribution in [0.2, 0.25) is 0 Å². The summed E-state index contributed by atoms with van der Waals surface area (Å²) in [6.07, 6.45) is 3.64. The summed E-state index contributed by atoms with van der Waals surface area (Å²) < 4.78 is 13.2. The van der Waals surface area contributed by atoms with Gasteiger partial charge in [0.05, 0.1) is 6.10 Å². The van der Waals surface area contributed by atoms with E-state index in [0.29, 0.717) is 11.3 Å². The zero-order valence-electron chi connectivity index (χ0n) is 10.2.